The first-order valence-corrected chi connectivity index (χ1v) is 9.69. The van der Waals surface area contributed by atoms with Crippen LogP contribution in [0.1, 0.15) is 64.7 Å². The molecule has 0 aromatic rings. The van der Waals surface area contributed by atoms with Crippen LogP contribution in [0.5, 0.6) is 0 Å². The normalized spacial score (nSPS) is 29.3. The van der Waals surface area contributed by atoms with Gasteiger partial charge in [-0.2, -0.15) is 0 Å². The Balaban J connectivity index is 1.41. The Bertz CT molecular complexity index is 429. The van der Waals surface area contributed by atoms with Crippen molar-refractivity contribution in [2.45, 2.75) is 64.7 Å². The second kappa shape index (κ2) is 7.67. The third-order valence-electron chi connectivity index (χ3n) is 6.33. The molecule has 1 saturated carbocycles. The van der Waals surface area contributed by atoms with E-state index in [1.807, 2.05) is 9.80 Å². The third-order valence-corrected chi connectivity index (χ3v) is 6.33. The van der Waals surface area contributed by atoms with Gasteiger partial charge in [-0.3, -0.25) is 9.59 Å². The van der Waals surface area contributed by atoms with Crippen molar-refractivity contribution in [3.8, 4) is 0 Å². The molecule has 0 bridgehead atoms. The van der Waals surface area contributed by atoms with Crippen molar-refractivity contribution >= 4 is 11.8 Å². The Labute approximate surface area is 140 Å². The highest BCUT2D eigenvalue weighted by Gasteiger charge is 2.33. The Morgan fingerprint density at radius 3 is 2.04 bits per heavy atom. The fraction of sp³-hybridized carbons (Fsp3) is 0.895. The molecule has 2 atom stereocenters. The number of amides is 2. The molecule has 0 aromatic carbocycles. The molecule has 23 heavy (non-hydrogen) atoms. The maximum Gasteiger partial charge on any atom is 0.223 e. The van der Waals surface area contributed by atoms with Gasteiger partial charge >= 0.3 is 0 Å². The summed E-state index contributed by atoms with van der Waals surface area (Å²) in [5, 5.41) is 0. The van der Waals surface area contributed by atoms with Crippen LogP contribution in [0.25, 0.3) is 0 Å². The second-order valence-corrected chi connectivity index (χ2v) is 8.00. The van der Waals surface area contributed by atoms with Crippen molar-refractivity contribution in [3.05, 3.63) is 0 Å². The molecule has 3 rings (SSSR count). The molecule has 130 valence electrons. The Morgan fingerprint density at radius 1 is 0.783 bits per heavy atom. The van der Waals surface area contributed by atoms with Gasteiger partial charge in [0.1, 0.15) is 0 Å². The van der Waals surface area contributed by atoms with E-state index in [0.29, 0.717) is 12.8 Å². The van der Waals surface area contributed by atoms with E-state index in [1.54, 1.807) is 0 Å². The first-order valence-electron chi connectivity index (χ1n) is 9.69. The number of hydrogen-bond acceptors (Lipinski definition) is 2. The fourth-order valence-corrected chi connectivity index (χ4v) is 4.62. The molecular formula is C19H32N2O2. The van der Waals surface area contributed by atoms with Crippen LogP contribution in [0.4, 0.5) is 0 Å². The van der Waals surface area contributed by atoms with E-state index >= 15 is 0 Å². The van der Waals surface area contributed by atoms with Crippen LogP contribution in [-0.4, -0.2) is 47.8 Å². The van der Waals surface area contributed by atoms with Crippen molar-refractivity contribution in [3.63, 3.8) is 0 Å². The van der Waals surface area contributed by atoms with Crippen molar-refractivity contribution in [1.82, 2.24) is 9.80 Å². The van der Waals surface area contributed by atoms with Gasteiger partial charge in [0, 0.05) is 39.0 Å². The van der Waals surface area contributed by atoms with Gasteiger partial charge in [0.25, 0.3) is 0 Å². The van der Waals surface area contributed by atoms with E-state index in [4.69, 9.17) is 0 Å². The predicted molar refractivity (Wildman–Crippen MR) is 90.9 cm³/mol. The predicted octanol–water partition coefficient (Wildman–Crippen LogP) is 3.06. The van der Waals surface area contributed by atoms with Gasteiger partial charge in [0.15, 0.2) is 0 Å². The summed E-state index contributed by atoms with van der Waals surface area (Å²) in [6, 6.07) is 0. The van der Waals surface area contributed by atoms with Crippen LogP contribution in [0, 0.1) is 17.8 Å². The van der Waals surface area contributed by atoms with E-state index in [1.165, 1.54) is 32.1 Å². The minimum atomic E-state index is 0.179. The minimum Gasteiger partial charge on any atom is -0.343 e. The molecule has 2 amide bonds. The molecule has 0 aromatic heterocycles. The van der Waals surface area contributed by atoms with E-state index in [0.717, 1.165) is 56.8 Å². The fourth-order valence-electron chi connectivity index (χ4n) is 4.62. The van der Waals surface area contributed by atoms with E-state index in [-0.39, 0.29) is 11.8 Å². The average molecular weight is 320 g/mol. The second-order valence-electron chi connectivity index (χ2n) is 8.00. The van der Waals surface area contributed by atoms with E-state index in [9.17, 15) is 9.59 Å². The van der Waals surface area contributed by atoms with Gasteiger partial charge in [-0.05, 0) is 43.4 Å². The van der Waals surface area contributed by atoms with Gasteiger partial charge in [-0.25, -0.2) is 0 Å². The number of hydrogen-bond donors (Lipinski definition) is 0. The quantitative estimate of drug-likeness (QED) is 0.802. The molecule has 0 N–H and O–H groups in total. The number of carbonyl (C=O) groups excluding carboxylic acids is 2. The SMILES string of the molecule is CC1CCN(C(=O)CCC(=O)N2CCC3CCCCC3C2)CC1. The molecule has 4 nitrogen and oxygen atoms in total. The Kier molecular flexibility index (Phi) is 5.60. The van der Waals surface area contributed by atoms with Crippen molar-refractivity contribution < 1.29 is 9.59 Å². The first kappa shape index (κ1) is 16.8. The minimum absolute atomic E-state index is 0.179. The summed E-state index contributed by atoms with van der Waals surface area (Å²) in [5.74, 6) is 2.69. The van der Waals surface area contributed by atoms with E-state index in [2.05, 4.69) is 6.92 Å². The first-order chi connectivity index (χ1) is 11.1. The van der Waals surface area contributed by atoms with Crippen LogP contribution in [0.15, 0.2) is 0 Å². The van der Waals surface area contributed by atoms with E-state index < -0.39 is 0 Å². The van der Waals surface area contributed by atoms with Crippen molar-refractivity contribution in [1.29, 1.82) is 0 Å². The highest BCUT2D eigenvalue weighted by Crippen LogP contribution is 2.36. The molecule has 3 aliphatic rings. The topological polar surface area (TPSA) is 40.6 Å². The smallest absolute Gasteiger partial charge is 0.223 e. The number of rotatable bonds is 3. The lowest BCUT2D eigenvalue weighted by Gasteiger charge is -2.41. The largest absolute Gasteiger partial charge is 0.343 e. The number of piperidine rings is 2. The molecule has 0 radical (unpaired) electrons. The van der Waals surface area contributed by atoms with Crippen LogP contribution < -0.4 is 0 Å². The maximum absolute atomic E-state index is 12.5. The van der Waals surface area contributed by atoms with Gasteiger partial charge in [-0.1, -0.05) is 26.2 Å². The summed E-state index contributed by atoms with van der Waals surface area (Å²) in [7, 11) is 0. The summed E-state index contributed by atoms with van der Waals surface area (Å²) < 4.78 is 0. The number of likely N-dealkylation sites (tertiary alicyclic amines) is 2. The highest BCUT2D eigenvalue weighted by atomic mass is 16.2. The molecule has 3 fully saturated rings. The van der Waals surface area contributed by atoms with Gasteiger partial charge in [-0.15, -0.1) is 0 Å². The number of fused-ring (bicyclic) bond motifs is 1. The molecule has 0 spiro atoms. The van der Waals surface area contributed by atoms with Crippen LogP contribution in [-0.2, 0) is 9.59 Å². The average Bonchev–Trinajstić information content (AvgIpc) is 2.59. The summed E-state index contributed by atoms with van der Waals surface area (Å²) in [6.07, 6.45) is 9.54. The molecule has 2 heterocycles. The summed E-state index contributed by atoms with van der Waals surface area (Å²) in [5.41, 5.74) is 0. The monoisotopic (exact) mass is 320 g/mol. The lowest BCUT2D eigenvalue weighted by molar-refractivity contribution is -0.139. The van der Waals surface area contributed by atoms with Crippen LogP contribution in [0.2, 0.25) is 0 Å². The van der Waals surface area contributed by atoms with Gasteiger partial charge < -0.3 is 9.80 Å². The summed E-state index contributed by atoms with van der Waals surface area (Å²) >= 11 is 0. The van der Waals surface area contributed by atoms with Gasteiger partial charge in [0.2, 0.25) is 11.8 Å². The van der Waals surface area contributed by atoms with Crippen LogP contribution in [0.3, 0.4) is 0 Å². The number of carbonyl (C=O) groups is 2. The molecule has 2 unspecified atom stereocenters. The van der Waals surface area contributed by atoms with Crippen LogP contribution >= 0.6 is 0 Å². The zero-order valence-corrected chi connectivity index (χ0v) is 14.6. The summed E-state index contributed by atoms with van der Waals surface area (Å²) in [6.45, 7) is 5.86. The third kappa shape index (κ3) is 4.27. The summed E-state index contributed by atoms with van der Waals surface area (Å²) in [4.78, 5) is 28.7. The molecular weight excluding hydrogens is 288 g/mol. The van der Waals surface area contributed by atoms with Crippen molar-refractivity contribution in [2.75, 3.05) is 26.2 Å². The number of nitrogens with zero attached hydrogens (tertiary/aromatic N) is 2. The lowest BCUT2D eigenvalue weighted by atomic mass is 9.75. The highest BCUT2D eigenvalue weighted by molar-refractivity contribution is 5.84. The zero-order valence-electron chi connectivity index (χ0n) is 14.6. The standard InChI is InChI=1S/C19H32N2O2/c1-15-8-11-20(12-9-15)18(22)6-7-19(23)21-13-10-16-4-2-3-5-17(16)14-21/h15-17H,2-14H2,1H3. The molecule has 4 heteroatoms. The maximum atomic E-state index is 12.5. The lowest BCUT2D eigenvalue weighted by Crippen LogP contribution is -2.45. The molecule has 2 aliphatic heterocycles. The zero-order chi connectivity index (χ0) is 16.2. The van der Waals surface area contributed by atoms with Gasteiger partial charge in [0.05, 0.1) is 0 Å². The molecule has 1 aliphatic carbocycles. The Hall–Kier alpha value is -1.06. The Morgan fingerprint density at radius 2 is 1.35 bits per heavy atom. The van der Waals surface area contributed by atoms with Crippen molar-refractivity contribution in [2.24, 2.45) is 17.8 Å². The molecule has 2 saturated heterocycles.